The lowest BCUT2D eigenvalue weighted by Crippen LogP contribution is -2.51. The number of hydrogen-bond donors (Lipinski definition) is 1. The lowest BCUT2D eigenvalue weighted by molar-refractivity contribution is -0.142. The molecule has 0 amide bonds. The summed E-state index contributed by atoms with van der Waals surface area (Å²) in [6.45, 7) is 10.9. The molecule has 10 nitrogen and oxygen atoms in total. The van der Waals surface area contributed by atoms with Crippen molar-refractivity contribution in [3.63, 3.8) is 0 Å². The fourth-order valence-corrected chi connectivity index (χ4v) is 6.39. The smallest absolute Gasteiger partial charge is 0.318 e. The molecule has 2 atom stereocenters. The van der Waals surface area contributed by atoms with E-state index < -0.39 is 5.41 Å². The van der Waals surface area contributed by atoms with Crippen LogP contribution in [-0.2, 0) is 17.8 Å². The first-order valence-corrected chi connectivity index (χ1v) is 15.8. The van der Waals surface area contributed by atoms with Crippen LogP contribution in [0.4, 0.5) is 11.5 Å². The van der Waals surface area contributed by atoms with Crippen LogP contribution in [0.25, 0.3) is 10.8 Å². The average Bonchev–Trinajstić information content (AvgIpc) is 3.43. The highest BCUT2D eigenvalue weighted by molar-refractivity contribution is 5.96. The zero-order valence-electron chi connectivity index (χ0n) is 26.3. The monoisotopic (exact) mass is 597 g/mol. The molecule has 2 saturated heterocycles. The number of fused-ring (bicyclic) bond motifs is 2. The van der Waals surface area contributed by atoms with Crippen molar-refractivity contribution < 1.29 is 14.3 Å². The number of likely N-dealkylation sites (tertiary alicyclic amines) is 1. The van der Waals surface area contributed by atoms with E-state index in [1.807, 2.05) is 45.0 Å². The quantitative estimate of drug-likeness (QED) is 0.313. The number of ether oxygens (including phenoxy) is 2. The van der Waals surface area contributed by atoms with Crippen molar-refractivity contribution >= 4 is 28.2 Å². The molecule has 6 rings (SSSR count). The number of nitriles is 1. The number of rotatable bonds is 7. The first kappa shape index (κ1) is 30.1. The lowest BCUT2D eigenvalue weighted by Gasteiger charge is -2.37. The molecule has 2 fully saturated rings. The van der Waals surface area contributed by atoms with Crippen LogP contribution in [0, 0.1) is 16.7 Å². The van der Waals surface area contributed by atoms with Gasteiger partial charge < -0.3 is 29.5 Å². The number of nitrogens with one attached hydrogen (secondary N) is 1. The van der Waals surface area contributed by atoms with Gasteiger partial charge in [-0.25, -0.2) is 0 Å². The van der Waals surface area contributed by atoms with Gasteiger partial charge in [-0.3, -0.25) is 4.79 Å². The zero-order chi connectivity index (χ0) is 30.8. The Labute approximate surface area is 260 Å². The van der Waals surface area contributed by atoms with Crippen LogP contribution in [0.3, 0.4) is 0 Å². The molecule has 2 aromatic carbocycles. The van der Waals surface area contributed by atoms with Gasteiger partial charge in [-0.05, 0) is 65.1 Å². The van der Waals surface area contributed by atoms with Gasteiger partial charge in [-0.2, -0.15) is 15.2 Å². The number of anilines is 2. The van der Waals surface area contributed by atoms with Gasteiger partial charge in [0.25, 0.3) is 0 Å². The first-order chi connectivity index (χ1) is 21.2. The number of esters is 1. The van der Waals surface area contributed by atoms with Gasteiger partial charge in [0.2, 0.25) is 0 Å². The Morgan fingerprint density at radius 2 is 1.98 bits per heavy atom. The molecule has 0 bridgehead atoms. The summed E-state index contributed by atoms with van der Waals surface area (Å²) in [5, 5.41) is 14.9. The summed E-state index contributed by atoms with van der Waals surface area (Å²) in [6.07, 6.45) is 3.51. The molecule has 0 radical (unpaired) electrons. The second kappa shape index (κ2) is 12.6. The molecule has 3 aromatic rings. The van der Waals surface area contributed by atoms with Gasteiger partial charge in [0, 0.05) is 61.0 Å². The highest BCUT2D eigenvalue weighted by Crippen LogP contribution is 2.37. The predicted molar refractivity (Wildman–Crippen MR) is 171 cm³/mol. The van der Waals surface area contributed by atoms with Crippen LogP contribution in [0.5, 0.6) is 11.8 Å². The third-order valence-electron chi connectivity index (χ3n) is 8.97. The highest BCUT2D eigenvalue weighted by atomic mass is 16.5. The number of likely N-dealkylation sites (N-methyl/N-ethyl adjacent to an activating group) is 1. The molecule has 0 unspecified atom stereocenters. The van der Waals surface area contributed by atoms with E-state index >= 15 is 0 Å². The van der Waals surface area contributed by atoms with Crippen LogP contribution in [0.15, 0.2) is 36.4 Å². The molecule has 3 aliphatic rings. The molecular weight excluding hydrogens is 554 g/mol. The number of nitrogens with zero attached hydrogens (tertiary/aromatic N) is 6. The predicted octanol–water partition coefficient (Wildman–Crippen LogP) is 4.31. The fraction of sp³-hybridized carbons (Fsp3) is 0.529. The van der Waals surface area contributed by atoms with Crippen LogP contribution in [-0.4, -0.2) is 79.3 Å². The summed E-state index contributed by atoms with van der Waals surface area (Å²) in [4.78, 5) is 29.7. The SMILES string of the molecule is CN1CCC[C@@H]1COc1nc2c(c(N3CCN[C@@H](CC#N)C3)n1)CCN(c1cc(OC(=O)C(C)(C)C)cc3ccccc13)C2. The number of aromatic nitrogens is 2. The summed E-state index contributed by atoms with van der Waals surface area (Å²) >= 11 is 0. The number of benzene rings is 2. The molecule has 10 heteroatoms. The Morgan fingerprint density at radius 3 is 2.75 bits per heavy atom. The van der Waals surface area contributed by atoms with E-state index in [4.69, 9.17) is 19.4 Å². The van der Waals surface area contributed by atoms with E-state index in [0.717, 1.165) is 79.1 Å². The van der Waals surface area contributed by atoms with E-state index in [2.05, 4.69) is 45.3 Å². The van der Waals surface area contributed by atoms with E-state index in [-0.39, 0.29) is 12.0 Å². The number of carbonyl (C=O) groups is 1. The molecule has 3 aliphatic heterocycles. The van der Waals surface area contributed by atoms with Crippen molar-refractivity contribution in [3.8, 4) is 17.8 Å². The van der Waals surface area contributed by atoms with Crippen molar-refractivity contribution in [1.82, 2.24) is 20.2 Å². The van der Waals surface area contributed by atoms with Crippen molar-refractivity contribution in [1.29, 1.82) is 5.26 Å². The van der Waals surface area contributed by atoms with Gasteiger partial charge in [0.1, 0.15) is 18.2 Å². The molecule has 0 aliphatic carbocycles. The average molecular weight is 598 g/mol. The van der Waals surface area contributed by atoms with E-state index in [1.165, 1.54) is 6.42 Å². The minimum atomic E-state index is -0.608. The van der Waals surface area contributed by atoms with Gasteiger partial charge in [0.15, 0.2) is 0 Å². The van der Waals surface area contributed by atoms with Crippen LogP contribution < -0.4 is 24.6 Å². The maximum Gasteiger partial charge on any atom is 0.318 e. The maximum absolute atomic E-state index is 12.8. The molecule has 232 valence electrons. The summed E-state index contributed by atoms with van der Waals surface area (Å²) < 4.78 is 12.2. The van der Waals surface area contributed by atoms with Crippen molar-refractivity contribution in [2.24, 2.45) is 5.41 Å². The Balaban J connectivity index is 1.34. The van der Waals surface area contributed by atoms with Crippen LogP contribution in [0.2, 0.25) is 0 Å². The highest BCUT2D eigenvalue weighted by Gasteiger charge is 2.31. The Bertz CT molecular complexity index is 1560. The zero-order valence-corrected chi connectivity index (χ0v) is 26.3. The minimum absolute atomic E-state index is 0.0980. The Morgan fingerprint density at radius 1 is 1.14 bits per heavy atom. The molecule has 0 saturated carbocycles. The summed E-state index contributed by atoms with van der Waals surface area (Å²) in [6, 6.07) is 15.3. The van der Waals surface area contributed by atoms with Gasteiger partial charge in [-0.15, -0.1) is 0 Å². The standard InChI is InChI=1S/C34H43N7O3/c1-34(2,3)32(42)44-26-18-23-8-5-6-10-27(23)30(19-26)40-16-12-28-29(21-40)37-33(43-22-25-9-7-15-39(25)4)38-31(28)41-17-14-36-24(20-41)11-13-35/h5-6,8,10,18-19,24-25,36H,7,9,11-12,14-17,20-22H2,1-4H3/t24-,25+/m0/s1. The van der Waals surface area contributed by atoms with E-state index in [1.54, 1.807) is 0 Å². The van der Waals surface area contributed by atoms with E-state index in [0.29, 0.717) is 37.4 Å². The third kappa shape index (κ3) is 6.44. The van der Waals surface area contributed by atoms with Crippen LogP contribution >= 0.6 is 0 Å². The van der Waals surface area contributed by atoms with Gasteiger partial charge in [0.05, 0.1) is 30.1 Å². The summed E-state index contributed by atoms with van der Waals surface area (Å²) in [7, 11) is 2.14. The van der Waals surface area contributed by atoms with Crippen molar-refractivity contribution in [2.75, 3.05) is 56.2 Å². The minimum Gasteiger partial charge on any atom is -0.462 e. The van der Waals surface area contributed by atoms with Crippen molar-refractivity contribution in [3.05, 3.63) is 47.7 Å². The van der Waals surface area contributed by atoms with Crippen molar-refractivity contribution in [2.45, 2.75) is 65.1 Å². The number of carbonyl (C=O) groups excluding carboxylic acids is 1. The topological polar surface area (TPSA) is 107 Å². The second-order valence-electron chi connectivity index (χ2n) is 13.3. The third-order valence-corrected chi connectivity index (χ3v) is 8.97. The largest absolute Gasteiger partial charge is 0.462 e. The first-order valence-electron chi connectivity index (χ1n) is 15.8. The van der Waals surface area contributed by atoms with Crippen LogP contribution in [0.1, 0.15) is 51.3 Å². The summed E-state index contributed by atoms with van der Waals surface area (Å²) in [5.74, 6) is 1.20. The van der Waals surface area contributed by atoms with Gasteiger partial charge in [-0.1, -0.05) is 24.3 Å². The Kier molecular flexibility index (Phi) is 8.61. The number of hydrogen-bond acceptors (Lipinski definition) is 10. The molecule has 0 spiro atoms. The molecule has 44 heavy (non-hydrogen) atoms. The Hall–Kier alpha value is -3.94. The fourth-order valence-electron chi connectivity index (χ4n) is 6.39. The molecule has 1 N–H and O–H groups in total. The molecule has 4 heterocycles. The molecular formula is C34H43N7O3. The second-order valence-corrected chi connectivity index (χ2v) is 13.3. The number of piperazine rings is 1. The van der Waals surface area contributed by atoms with Gasteiger partial charge >= 0.3 is 12.0 Å². The normalized spacial score (nSPS) is 20.8. The molecule has 1 aromatic heterocycles. The van der Waals surface area contributed by atoms with E-state index in [9.17, 15) is 10.1 Å². The maximum atomic E-state index is 12.8. The summed E-state index contributed by atoms with van der Waals surface area (Å²) in [5.41, 5.74) is 2.50. The lowest BCUT2D eigenvalue weighted by atomic mass is 9.97.